The first-order valence-electron chi connectivity index (χ1n) is 6.09. The monoisotopic (exact) mass is 302 g/mol. The second-order valence-electron chi connectivity index (χ2n) is 4.24. The Hall–Kier alpha value is 0.730. The maximum absolute atomic E-state index is 2.31. The van der Waals surface area contributed by atoms with Crippen molar-refractivity contribution in [1.29, 1.82) is 0 Å². The molecule has 15 heavy (non-hydrogen) atoms. The predicted molar refractivity (Wildman–Crippen MR) is 78.5 cm³/mol. The smallest absolute Gasteiger partial charge is 0.0783 e. The molecule has 0 spiro atoms. The summed E-state index contributed by atoms with van der Waals surface area (Å²) in [5.41, 5.74) is 0. The number of hydrogen-bond donors (Lipinski definition) is 0. The van der Waals surface area contributed by atoms with E-state index >= 15 is 0 Å². The second kappa shape index (κ2) is 12.8. The lowest BCUT2D eigenvalue weighted by atomic mass is 10.2. The van der Waals surface area contributed by atoms with Crippen LogP contribution in [0.5, 0.6) is 0 Å². The zero-order chi connectivity index (χ0) is 10.2. The minimum Gasteiger partial charge on any atom is -0.324 e. The molecule has 0 unspecified atom stereocenters. The normalized spacial score (nSPS) is 10.4. The third-order valence-corrected chi connectivity index (χ3v) is 2.79. The highest BCUT2D eigenvalue weighted by molar-refractivity contribution is 8.93. The lowest BCUT2D eigenvalue weighted by Crippen LogP contribution is -2.50. The average molecular weight is 304 g/mol. The van der Waals surface area contributed by atoms with Gasteiger partial charge in [0.2, 0.25) is 0 Å². The van der Waals surface area contributed by atoms with E-state index in [9.17, 15) is 0 Å². The third-order valence-electron chi connectivity index (χ3n) is 2.79. The van der Waals surface area contributed by atoms with Gasteiger partial charge in [-0.1, -0.05) is 27.7 Å². The Bertz CT molecular complexity index is 90.7. The standard InChI is InChI=1S/C12H28N.BrH.ClH/c1-5-9-13(10-6-2,11-7-3)12-8-4;;/h5-12H2,1-4H3;2*1H/q+1;;. The molecule has 0 N–H and O–H groups in total. The Balaban J connectivity index is -0.000000720. The Morgan fingerprint density at radius 1 is 0.600 bits per heavy atom. The van der Waals surface area contributed by atoms with E-state index in [1.807, 2.05) is 0 Å². The van der Waals surface area contributed by atoms with Crippen molar-refractivity contribution >= 4 is 29.4 Å². The van der Waals surface area contributed by atoms with Crippen LogP contribution < -0.4 is 0 Å². The van der Waals surface area contributed by atoms with Gasteiger partial charge in [-0.05, 0) is 25.7 Å². The number of hydrogen-bond acceptors (Lipinski definition) is 0. The molecule has 0 aliphatic rings. The minimum absolute atomic E-state index is 0. The van der Waals surface area contributed by atoms with Gasteiger partial charge < -0.3 is 4.48 Å². The number of rotatable bonds is 8. The molecule has 0 atom stereocenters. The van der Waals surface area contributed by atoms with E-state index in [1.165, 1.54) is 56.3 Å². The van der Waals surface area contributed by atoms with Gasteiger partial charge in [0.25, 0.3) is 0 Å². The predicted octanol–water partition coefficient (Wildman–Crippen LogP) is 4.44. The number of quaternary nitrogens is 1. The summed E-state index contributed by atoms with van der Waals surface area (Å²) in [4.78, 5) is 0. The summed E-state index contributed by atoms with van der Waals surface area (Å²) in [5, 5.41) is 0. The van der Waals surface area contributed by atoms with Crippen LogP contribution in [0.15, 0.2) is 0 Å². The van der Waals surface area contributed by atoms with Gasteiger partial charge in [-0.2, -0.15) is 0 Å². The van der Waals surface area contributed by atoms with E-state index in [4.69, 9.17) is 0 Å². The zero-order valence-electron chi connectivity index (χ0n) is 10.9. The molecular formula is C12H30BrClN+. The maximum atomic E-state index is 2.31. The topological polar surface area (TPSA) is 0 Å². The van der Waals surface area contributed by atoms with Crippen molar-refractivity contribution in [2.24, 2.45) is 0 Å². The summed E-state index contributed by atoms with van der Waals surface area (Å²) in [6.45, 7) is 14.8. The first-order chi connectivity index (χ1) is 6.24. The van der Waals surface area contributed by atoms with E-state index in [0.29, 0.717) is 0 Å². The Kier molecular flexibility index (Phi) is 18.0. The largest absolute Gasteiger partial charge is 0.324 e. The molecule has 3 heteroatoms. The molecule has 96 valence electrons. The van der Waals surface area contributed by atoms with Crippen LogP contribution in [-0.4, -0.2) is 30.7 Å². The van der Waals surface area contributed by atoms with Crippen molar-refractivity contribution in [2.45, 2.75) is 53.4 Å². The van der Waals surface area contributed by atoms with E-state index in [-0.39, 0.29) is 29.4 Å². The molecule has 0 amide bonds. The molecule has 0 saturated heterocycles. The summed E-state index contributed by atoms with van der Waals surface area (Å²) >= 11 is 0. The molecule has 0 aromatic heterocycles. The van der Waals surface area contributed by atoms with Gasteiger partial charge in [-0.3, -0.25) is 0 Å². The summed E-state index contributed by atoms with van der Waals surface area (Å²) in [6.07, 6.45) is 5.33. The second-order valence-corrected chi connectivity index (χ2v) is 4.24. The molecule has 0 radical (unpaired) electrons. The highest BCUT2D eigenvalue weighted by Gasteiger charge is 2.22. The van der Waals surface area contributed by atoms with Crippen LogP contribution in [0.1, 0.15) is 53.4 Å². The number of halogens is 2. The zero-order valence-corrected chi connectivity index (χ0v) is 13.5. The summed E-state index contributed by atoms with van der Waals surface area (Å²) in [7, 11) is 0. The van der Waals surface area contributed by atoms with Gasteiger partial charge in [-0.25, -0.2) is 0 Å². The fraction of sp³-hybridized carbons (Fsp3) is 1.00. The molecule has 0 aliphatic carbocycles. The van der Waals surface area contributed by atoms with Crippen LogP contribution >= 0.6 is 29.4 Å². The highest BCUT2D eigenvalue weighted by atomic mass is 79.9. The van der Waals surface area contributed by atoms with E-state index in [1.54, 1.807) is 0 Å². The van der Waals surface area contributed by atoms with Crippen LogP contribution in [0.2, 0.25) is 0 Å². The molecule has 0 heterocycles. The van der Waals surface area contributed by atoms with Crippen molar-refractivity contribution in [2.75, 3.05) is 26.2 Å². The SMILES string of the molecule is Br.CCC[N+](CCC)(CCC)CCC.Cl. The summed E-state index contributed by atoms with van der Waals surface area (Å²) in [6, 6.07) is 0. The molecule has 0 aromatic carbocycles. The molecular weight excluding hydrogens is 273 g/mol. The Morgan fingerprint density at radius 3 is 0.933 bits per heavy atom. The van der Waals surface area contributed by atoms with E-state index in [0.717, 1.165) is 0 Å². The maximum Gasteiger partial charge on any atom is 0.0783 e. The van der Waals surface area contributed by atoms with Crippen molar-refractivity contribution in [3.05, 3.63) is 0 Å². The van der Waals surface area contributed by atoms with Crippen molar-refractivity contribution in [3.63, 3.8) is 0 Å². The van der Waals surface area contributed by atoms with Gasteiger partial charge >= 0.3 is 0 Å². The van der Waals surface area contributed by atoms with Crippen molar-refractivity contribution in [3.8, 4) is 0 Å². The fourth-order valence-corrected chi connectivity index (χ4v) is 2.57. The van der Waals surface area contributed by atoms with Gasteiger partial charge in [0.1, 0.15) is 0 Å². The third kappa shape index (κ3) is 8.53. The molecule has 0 fully saturated rings. The Labute approximate surface area is 113 Å². The van der Waals surface area contributed by atoms with Crippen LogP contribution in [0.4, 0.5) is 0 Å². The first kappa shape index (κ1) is 21.1. The van der Waals surface area contributed by atoms with Gasteiger partial charge in [0.05, 0.1) is 26.2 Å². The van der Waals surface area contributed by atoms with E-state index < -0.39 is 0 Å². The van der Waals surface area contributed by atoms with Gasteiger partial charge in [0.15, 0.2) is 0 Å². The van der Waals surface area contributed by atoms with Crippen LogP contribution in [0, 0.1) is 0 Å². The van der Waals surface area contributed by atoms with Gasteiger partial charge in [-0.15, -0.1) is 29.4 Å². The lowest BCUT2D eigenvalue weighted by molar-refractivity contribution is -0.928. The van der Waals surface area contributed by atoms with Crippen LogP contribution in [0.3, 0.4) is 0 Å². The highest BCUT2D eigenvalue weighted by Crippen LogP contribution is 2.12. The van der Waals surface area contributed by atoms with Crippen LogP contribution in [0.25, 0.3) is 0 Å². The quantitative estimate of drug-likeness (QED) is 0.581. The lowest BCUT2D eigenvalue weighted by Gasteiger charge is -2.38. The minimum atomic E-state index is 0. The molecule has 0 saturated carbocycles. The Morgan fingerprint density at radius 2 is 0.800 bits per heavy atom. The molecule has 0 bridgehead atoms. The molecule has 0 rings (SSSR count). The molecule has 1 nitrogen and oxygen atoms in total. The van der Waals surface area contributed by atoms with Gasteiger partial charge in [0, 0.05) is 0 Å². The summed E-state index contributed by atoms with van der Waals surface area (Å²) in [5.74, 6) is 0. The van der Waals surface area contributed by atoms with E-state index in [2.05, 4.69) is 27.7 Å². The number of nitrogens with zero attached hydrogens (tertiary/aromatic N) is 1. The first-order valence-corrected chi connectivity index (χ1v) is 6.09. The average Bonchev–Trinajstić information content (AvgIpc) is 2.06. The molecule has 0 aromatic rings. The molecule has 0 aliphatic heterocycles. The van der Waals surface area contributed by atoms with Crippen molar-refractivity contribution in [1.82, 2.24) is 0 Å². The van der Waals surface area contributed by atoms with Crippen molar-refractivity contribution < 1.29 is 4.48 Å². The summed E-state index contributed by atoms with van der Waals surface area (Å²) < 4.78 is 1.38. The van der Waals surface area contributed by atoms with Crippen LogP contribution in [-0.2, 0) is 0 Å². The fourth-order valence-electron chi connectivity index (χ4n) is 2.57.